The van der Waals surface area contributed by atoms with Gasteiger partial charge in [-0.25, -0.2) is 14.6 Å². The van der Waals surface area contributed by atoms with Gasteiger partial charge in [-0.2, -0.15) is 0 Å². The number of amides is 1. The van der Waals surface area contributed by atoms with E-state index in [1.165, 1.54) is 11.2 Å². The molecule has 4 bridgehead atoms. The lowest BCUT2D eigenvalue weighted by Gasteiger charge is -2.17. The van der Waals surface area contributed by atoms with Gasteiger partial charge in [-0.05, 0) is 18.2 Å². The van der Waals surface area contributed by atoms with E-state index in [-0.39, 0.29) is 11.6 Å². The fourth-order valence-corrected chi connectivity index (χ4v) is 2.52. The molecule has 3 heterocycles. The number of hydrogen-bond donors (Lipinski definition) is 0. The highest BCUT2D eigenvalue weighted by Crippen LogP contribution is 2.30. The Bertz CT molecular complexity index is 906. The van der Waals surface area contributed by atoms with Crippen LogP contribution in [-0.4, -0.2) is 37.9 Å². The average molecular weight is 313 g/mol. The molecular weight excluding hydrogens is 304 g/mol. The van der Waals surface area contributed by atoms with Gasteiger partial charge in [0.1, 0.15) is 12.1 Å². The van der Waals surface area contributed by atoms with Crippen molar-refractivity contribution < 1.29 is 4.79 Å². The highest BCUT2D eigenvalue weighted by atomic mass is 35.5. The Labute approximate surface area is 130 Å². The van der Waals surface area contributed by atoms with Crippen LogP contribution in [0.1, 0.15) is 10.5 Å². The maximum Gasteiger partial charge on any atom is 0.281 e. The first kappa shape index (κ1) is 12.9. The predicted octanol–water partition coefficient (Wildman–Crippen LogP) is 1.97. The van der Waals surface area contributed by atoms with Gasteiger partial charge in [0.25, 0.3) is 5.91 Å². The number of halogens is 1. The fourth-order valence-electron chi connectivity index (χ4n) is 2.35. The van der Waals surface area contributed by atoms with E-state index in [9.17, 15) is 4.79 Å². The molecule has 0 unspecified atom stereocenters. The minimum absolute atomic E-state index is 0.241. The highest BCUT2D eigenvalue weighted by Gasteiger charge is 2.22. The molecule has 0 radical (unpaired) electrons. The van der Waals surface area contributed by atoms with Crippen LogP contribution in [0.3, 0.4) is 0 Å². The number of carbonyl (C=O) groups is 1. The number of fused-ring (bicyclic) bond motifs is 7. The maximum absolute atomic E-state index is 12.4. The summed E-state index contributed by atoms with van der Waals surface area (Å²) in [6.45, 7) is 0. The van der Waals surface area contributed by atoms with Crippen LogP contribution in [0.15, 0.2) is 36.8 Å². The lowest BCUT2D eigenvalue weighted by atomic mass is 10.1. The standard InChI is InChI=1S/C14H9ClN6O/c1-20-13-5-10(16-7-17-13)9-4-8(15)2-3-12(9)21-6-11(14(20)22)18-19-21/h2-7H,1H3. The van der Waals surface area contributed by atoms with Crippen molar-refractivity contribution in [2.75, 3.05) is 11.9 Å². The van der Waals surface area contributed by atoms with E-state index in [4.69, 9.17) is 11.6 Å². The van der Waals surface area contributed by atoms with Crippen LogP contribution in [0.25, 0.3) is 16.9 Å². The zero-order chi connectivity index (χ0) is 15.3. The third kappa shape index (κ3) is 1.86. The molecular formula is C14H9ClN6O. The Morgan fingerprint density at radius 3 is 2.86 bits per heavy atom. The van der Waals surface area contributed by atoms with Crippen molar-refractivity contribution in [3.05, 3.63) is 47.5 Å². The number of anilines is 1. The number of nitrogens with zero attached hydrogens (tertiary/aromatic N) is 6. The first-order chi connectivity index (χ1) is 10.6. The second-order valence-electron chi connectivity index (χ2n) is 4.84. The van der Waals surface area contributed by atoms with Gasteiger partial charge < -0.3 is 0 Å². The van der Waals surface area contributed by atoms with Gasteiger partial charge in [0.05, 0.1) is 17.6 Å². The van der Waals surface area contributed by atoms with Crippen molar-refractivity contribution >= 4 is 23.3 Å². The summed E-state index contributed by atoms with van der Waals surface area (Å²) in [5, 5.41) is 8.55. The Hall–Kier alpha value is -2.80. The van der Waals surface area contributed by atoms with Crippen molar-refractivity contribution in [3.63, 3.8) is 0 Å². The Morgan fingerprint density at radius 1 is 1.14 bits per heavy atom. The molecule has 22 heavy (non-hydrogen) atoms. The van der Waals surface area contributed by atoms with E-state index >= 15 is 0 Å². The van der Waals surface area contributed by atoms with Gasteiger partial charge in [-0.1, -0.05) is 16.8 Å². The average Bonchev–Trinajstić information content (AvgIpc) is 3.02. The van der Waals surface area contributed by atoms with Gasteiger partial charge in [0.15, 0.2) is 5.69 Å². The van der Waals surface area contributed by atoms with Gasteiger partial charge in [0.2, 0.25) is 0 Å². The van der Waals surface area contributed by atoms with E-state index in [2.05, 4.69) is 20.3 Å². The maximum atomic E-state index is 12.4. The van der Waals surface area contributed by atoms with E-state index < -0.39 is 0 Å². The van der Waals surface area contributed by atoms with Gasteiger partial charge in [0, 0.05) is 23.7 Å². The van der Waals surface area contributed by atoms with Crippen molar-refractivity contribution in [1.29, 1.82) is 0 Å². The molecule has 0 aliphatic carbocycles. The fraction of sp³-hybridized carbons (Fsp3) is 0.0714. The molecule has 1 amide bonds. The van der Waals surface area contributed by atoms with E-state index in [0.29, 0.717) is 16.5 Å². The van der Waals surface area contributed by atoms with E-state index in [1.807, 2.05) is 6.07 Å². The largest absolute Gasteiger partial charge is 0.294 e. The molecule has 0 spiro atoms. The molecule has 1 aromatic carbocycles. The summed E-state index contributed by atoms with van der Waals surface area (Å²) in [5.74, 6) is 0.200. The Kier molecular flexibility index (Phi) is 2.70. The summed E-state index contributed by atoms with van der Waals surface area (Å²) < 4.78 is 1.54. The van der Waals surface area contributed by atoms with Gasteiger partial charge in [-0.15, -0.1) is 5.10 Å². The molecule has 108 valence electrons. The SMILES string of the molecule is CN1C(=O)c2cn(nn2)-c2ccc(Cl)cc2-c2cc1ncn2. The first-order valence-corrected chi connectivity index (χ1v) is 6.84. The minimum atomic E-state index is -0.284. The molecule has 7 nitrogen and oxygen atoms in total. The second kappa shape index (κ2) is 4.60. The molecule has 0 N–H and O–H groups in total. The Balaban J connectivity index is 2.09. The zero-order valence-corrected chi connectivity index (χ0v) is 12.2. The van der Waals surface area contributed by atoms with Crippen LogP contribution < -0.4 is 4.90 Å². The minimum Gasteiger partial charge on any atom is -0.294 e. The number of benzene rings is 1. The topological polar surface area (TPSA) is 76.8 Å². The normalized spacial score (nSPS) is 13.0. The van der Waals surface area contributed by atoms with Crippen molar-refractivity contribution in [2.24, 2.45) is 0 Å². The summed E-state index contributed by atoms with van der Waals surface area (Å²) in [6, 6.07) is 7.10. The van der Waals surface area contributed by atoms with Crippen LogP contribution in [0.2, 0.25) is 5.02 Å². The molecule has 0 fully saturated rings. The monoisotopic (exact) mass is 312 g/mol. The van der Waals surface area contributed by atoms with Crippen LogP contribution in [0, 0.1) is 0 Å². The summed E-state index contributed by atoms with van der Waals surface area (Å²) in [7, 11) is 1.63. The Morgan fingerprint density at radius 2 is 2.00 bits per heavy atom. The molecule has 3 aromatic rings. The summed E-state index contributed by atoms with van der Waals surface area (Å²) in [6.07, 6.45) is 3.00. The third-order valence-corrected chi connectivity index (χ3v) is 3.73. The quantitative estimate of drug-likeness (QED) is 0.634. The van der Waals surface area contributed by atoms with Gasteiger partial charge >= 0.3 is 0 Å². The lowest BCUT2D eigenvalue weighted by Crippen LogP contribution is -2.27. The van der Waals surface area contributed by atoms with Crippen LogP contribution in [0.4, 0.5) is 5.82 Å². The van der Waals surface area contributed by atoms with Crippen LogP contribution >= 0.6 is 11.6 Å². The third-order valence-electron chi connectivity index (χ3n) is 3.49. The molecule has 0 saturated carbocycles. The summed E-state index contributed by atoms with van der Waals surface area (Å²) in [5.41, 5.74) is 2.42. The highest BCUT2D eigenvalue weighted by molar-refractivity contribution is 6.31. The zero-order valence-electron chi connectivity index (χ0n) is 11.4. The molecule has 0 saturated heterocycles. The van der Waals surface area contributed by atoms with Crippen LogP contribution in [-0.2, 0) is 0 Å². The second-order valence-corrected chi connectivity index (χ2v) is 5.27. The number of aromatic nitrogens is 5. The van der Waals surface area contributed by atoms with Crippen molar-refractivity contribution in [2.45, 2.75) is 0 Å². The number of carbonyl (C=O) groups excluding carboxylic acids is 1. The molecule has 1 aliphatic rings. The number of rotatable bonds is 0. The molecule has 0 atom stereocenters. The summed E-state index contributed by atoms with van der Waals surface area (Å²) >= 11 is 6.11. The van der Waals surface area contributed by atoms with E-state index in [1.54, 1.807) is 36.1 Å². The van der Waals surface area contributed by atoms with Crippen LogP contribution in [0.5, 0.6) is 0 Å². The first-order valence-electron chi connectivity index (χ1n) is 6.46. The van der Waals surface area contributed by atoms with Crippen molar-refractivity contribution in [3.8, 4) is 16.9 Å². The summed E-state index contributed by atoms with van der Waals surface area (Å²) in [4.78, 5) is 22.2. The molecule has 2 aromatic heterocycles. The molecule has 8 heteroatoms. The van der Waals surface area contributed by atoms with Gasteiger partial charge in [-0.3, -0.25) is 9.69 Å². The van der Waals surface area contributed by atoms with E-state index in [0.717, 1.165) is 11.3 Å². The molecule has 4 rings (SSSR count). The smallest absolute Gasteiger partial charge is 0.281 e. The predicted molar refractivity (Wildman–Crippen MR) is 80.1 cm³/mol. The van der Waals surface area contributed by atoms with Crippen molar-refractivity contribution in [1.82, 2.24) is 25.0 Å². The lowest BCUT2D eigenvalue weighted by molar-refractivity contribution is 0.0987. The number of hydrogen-bond acceptors (Lipinski definition) is 5. The molecule has 1 aliphatic heterocycles.